The van der Waals surface area contributed by atoms with Crippen molar-refractivity contribution in [2.45, 2.75) is 32.5 Å². The van der Waals surface area contributed by atoms with Gasteiger partial charge in [-0.1, -0.05) is 11.3 Å². The summed E-state index contributed by atoms with van der Waals surface area (Å²) < 4.78 is 7.22. The van der Waals surface area contributed by atoms with Gasteiger partial charge in [0.2, 0.25) is 0 Å². The normalized spacial score (nSPS) is 17.8. The minimum atomic E-state index is -0.446. The number of nitro benzene ring substituents is 1. The smallest absolute Gasteiger partial charge is 0.271 e. The van der Waals surface area contributed by atoms with Crippen molar-refractivity contribution >= 4 is 5.69 Å². The molecule has 0 amide bonds. The van der Waals surface area contributed by atoms with Crippen molar-refractivity contribution in [1.29, 1.82) is 0 Å². The van der Waals surface area contributed by atoms with Crippen molar-refractivity contribution in [1.82, 2.24) is 15.0 Å². The molecule has 1 fully saturated rings. The highest BCUT2D eigenvalue weighted by Crippen LogP contribution is 2.32. The van der Waals surface area contributed by atoms with E-state index in [0.29, 0.717) is 23.7 Å². The first-order chi connectivity index (χ1) is 10.6. The number of aliphatic hydroxyl groups excluding tert-OH is 1. The van der Waals surface area contributed by atoms with Gasteiger partial charge in [-0.2, -0.15) is 0 Å². The van der Waals surface area contributed by atoms with E-state index in [-0.39, 0.29) is 18.4 Å². The predicted molar refractivity (Wildman–Crippen MR) is 76.6 cm³/mol. The molecule has 2 heterocycles. The number of hydrogen-bond acceptors (Lipinski definition) is 6. The molecule has 116 valence electrons. The summed E-state index contributed by atoms with van der Waals surface area (Å²) in [5, 5.41) is 28.5. The number of nitro groups is 1. The summed E-state index contributed by atoms with van der Waals surface area (Å²) in [6.07, 6.45) is 1.54. The SMILES string of the molecule is Cc1ccc([N+](=O)[O-])cc1-n1nnc(CO)c1C1CCCO1. The van der Waals surface area contributed by atoms with Gasteiger partial charge in [0.05, 0.1) is 22.9 Å². The number of aryl methyl sites for hydroxylation is 1. The molecule has 3 rings (SSSR count). The van der Waals surface area contributed by atoms with Crippen molar-refractivity contribution in [3.8, 4) is 5.69 Å². The zero-order valence-corrected chi connectivity index (χ0v) is 12.1. The lowest BCUT2D eigenvalue weighted by Crippen LogP contribution is -2.10. The van der Waals surface area contributed by atoms with E-state index in [1.807, 2.05) is 6.92 Å². The maximum Gasteiger partial charge on any atom is 0.271 e. The van der Waals surface area contributed by atoms with Crippen molar-refractivity contribution in [2.75, 3.05) is 6.61 Å². The van der Waals surface area contributed by atoms with Gasteiger partial charge in [0.25, 0.3) is 5.69 Å². The highest BCUT2D eigenvalue weighted by atomic mass is 16.6. The number of aromatic nitrogens is 3. The van der Waals surface area contributed by atoms with Gasteiger partial charge in [0, 0.05) is 18.7 Å². The van der Waals surface area contributed by atoms with Gasteiger partial charge >= 0.3 is 0 Å². The van der Waals surface area contributed by atoms with Crippen LogP contribution in [-0.2, 0) is 11.3 Å². The number of rotatable bonds is 4. The molecule has 1 aliphatic rings. The fourth-order valence-corrected chi connectivity index (χ4v) is 2.67. The molecule has 8 nitrogen and oxygen atoms in total. The van der Waals surface area contributed by atoms with E-state index >= 15 is 0 Å². The standard InChI is InChI=1S/C14H16N4O4/c1-9-4-5-10(18(20)21)7-12(9)17-14(11(8-19)15-16-17)13-3-2-6-22-13/h4-5,7,13,19H,2-3,6,8H2,1H3. The molecule has 0 saturated carbocycles. The number of hydrogen-bond donors (Lipinski definition) is 1. The summed E-state index contributed by atoms with van der Waals surface area (Å²) in [6.45, 7) is 2.25. The Balaban J connectivity index is 2.14. The number of non-ortho nitro benzene ring substituents is 1. The molecular formula is C14H16N4O4. The second-order valence-electron chi connectivity index (χ2n) is 5.22. The summed E-state index contributed by atoms with van der Waals surface area (Å²) in [5.41, 5.74) is 2.51. The highest BCUT2D eigenvalue weighted by Gasteiger charge is 2.27. The number of aliphatic hydroxyl groups is 1. The molecule has 1 aromatic heterocycles. The molecule has 1 N–H and O–H groups in total. The summed E-state index contributed by atoms with van der Waals surface area (Å²) in [4.78, 5) is 10.5. The van der Waals surface area contributed by atoms with Crippen LogP contribution < -0.4 is 0 Å². The Morgan fingerprint density at radius 1 is 1.55 bits per heavy atom. The maximum atomic E-state index is 11.0. The fraction of sp³-hybridized carbons (Fsp3) is 0.429. The van der Waals surface area contributed by atoms with Gasteiger partial charge in [0.1, 0.15) is 11.8 Å². The zero-order chi connectivity index (χ0) is 15.7. The summed E-state index contributed by atoms with van der Waals surface area (Å²) in [6, 6.07) is 4.59. The van der Waals surface area contributed by atoms with Gasteiger partial charge in [0.15, 0.2) is 0 Å². The third-order valence-electron chi connectivity index (χ3n) is 3.79. The Kier molecular flexibility index (Phi) is 3.86. The monoisotopic (exact) mass is 304 g/mol. The van der Waals surface area contributed by atoms with Crippen LogP contribution in [-0.4, -0.2) is 31.6 Å². The van der Waals surface area contributed by atoms with Gasteiger partial charge in [-0.3, -0.25) is 10.1 Å². The third kappa shape index (κ3) is 2.46. The summed E-state index contributed by atoms with van der Waals surface area (Å²) in [7, 11) is 0. The molecule has 1 atom stereocenters. The van der Waals surface area contributed by atoms with Crippen molar-refractivity contribution in [2.24, 2.45) is 0 Å². The highest BCUT2D eigenvalue weighted by molar-refractivity contribution is 5.49. The van der Waals surface area contributed by atoms with Gasteiger partial charge in [-0.15, -0.1) is 5.10 Å². The lowest BCUT2D eigenvalue weighted by Gasteiger charge is -2.14. The molecule has 22 heavy (non-hydrogen) atoms. The molecule has 1 unspecified atom stereocenters. The minimum absolute atomic E-state index is 0.0139. The van der Waals surface area contributed by atoms with Crippen LogP contribution in [0.4, 0.5) is 5.69 Å². The molecule has 1 aromatic carbocycles. The lowest BCUT2D eigenvalue weighted by molar-refractivity contribution is -0.384. The first-order valence-corrected chi connectivity index (χ1v) is 7.04. The van der Waals surface area contributed by atoms with Crippen LogP contribution in [0, 0.1) is 17.0 Å². The van der Waals surface area contributed by atoms with E-state index in [2.05, 4.69) is 10.3 Å². The molecule has 1 saturated heterocycles. The van der Waals surface area contributed by atoms with Crippen LogP contribution in [0.25, 0.3) is 5.69 Å². The maximum absolute atomic E-state index is 11.0. The van der Waals surface area contributed by atoms with Crippen molar-refractivity contribution < 1.29 is 14.8 Å². The molecule has 2 aromatic rings. The molecule has 0 bridgehead atoms. The Hall–Kier alpha value is -2.32. The van der Waals surface area contributed by atoms with E-state index in [0.717, 1.165) is 18.4 Å². The number of nitrogens with zero attached hydrogens (tertiary/aromatic N) is 4. The zero-order valence-electron chi connectivity index (χ0n) is 12.1. The largest absolute Gasteiger partial charge is 0.390 e. The Morgan fingerprint density at radius 3 is 3.00 bits per heavy atom. The van der Waals surface area contributed by atoms with Gasteiger partial charge < -0.3 is 9.84 Å². The van der Waals surface area contributed by atoms with Crippen LogP contribution in [0.2, 0.25) is 0 Å². The molecule has 0 aliphatic carbocycles. The Bertz CT molecular complexity index is 707. The molecule has 1 aliphatic heterocycles. The minimum Gasteiger partial charge on any atom is -0.390 e. The number of ether oxygens (including phenoxy) is 1. The van der Waals surface area contributed by atoms with Crippen LogP contribution >= 0.6 is 0 Å². The summed E-state index contributed by atoms with van der Waals surface area (Å²) in [5.74, 6) is 0. The second kappa shape index (κ2) is 5.82. The summed E-state index contributed by atoms with van der Waals surface area (Å²) >= 11 is 0. The third-order valence-corrected chi connectivity index (χ3v) is 3.79. The second-order valence-corrected chi connectivity index (χ2v) is 5.22. The molecule has 0 radical (unpaired) electrons. The molecule has 0 spiro atoms. The first kappa shape index (κ1) is 14.6. The Labute approximate surface area is 126 Å². The average Bonchev–Trinajstić information content (AvgIpc) is 3.15. The van der Waals surface area contributed by atoms with E-state index in [1.165, 1.54) is 12.1 Å². The lowest BCUT2D eigenvalue weighted by atomic mass is 10.1. The molecule has 8 heteroatoms. The van der Waals surface area contributed by atoms with Crippen molar-refractivity contribution in [3.05, 3.63) is 45.3 Å². The Morgan fingerprint density at radius 2 is 2.36 bits per heavy atom. The van der Waals surface area contributed by atoms with Crippen LogP contribution in [0.1, 0.15) is 35.9 Å². The first-order valence-electron chi connectivity index (χ1n) is 7.04. The predicted octanol–water partition coefficient (Wildman–Crippen LogP) is 1.83. The average molecular weight is 304 g/mol. The van der Waals surface area contributed by atoms with Crippen LogP contribution in [0.3, 0.4) is 0 Å². The van der Waals surface area contributed by atoms with Gasteiger partial charge in [-0.25, -0.2) is 4.68 Å². The topological polar surface area (TPSA) is 103 Å². The fourth-order valence-electron chi connectivity index (χ4n) is 2.67. The van der Waals surface area contributed by atoms with Crippen molar-refractivity contribution in [3.63, 3.8) is 0 Å². The van der Waals surface area contributed by atoms with Gasteiger partial charge in [-0.05, 0) is 25.3 Å². The van der Waals surface area contributed by atoms with E-state index in [4.69, 9.17) is 4.74 Å². The van der Waals surface area contributed by atoms with Crippen LogP contribution in [0.15, 0.2) is 18.2 Å². The quantitative estimate of drug-likeness (QED) is 0.682. The van der Waals surface area contributed by atoms with E-state index in [1.54, 1.807) is 10.7 Å². The number of benzene rings is 1. The van der Waals surface area contributed by atoms with Crippen LogP contribution in [0.5, 0.6) is 0 Å². The molecular weight excluding hydrogens is 288 g/mol. The van der Waals surface area contributed by atoms with E-state index < -0.39 is 4.92 Å². The van der Waals surface area contributed by atoms with E-state index in [9.17, 15) is 15.2 Å².